The number of carbonyl (C=O) groups is 1. The Hall–Kier alpha value is -1.44. The van der Waals surface area contributed by atoms with Crippen molar-refractivity contribution in [1.29, 1.82) is 0 Å². The summed E-state index contributed by atoms with van der Waals surface area (Å²) >= 11 is 0. The lowest BCUT2D eigenvalue weighted by atomic mass is 9.80. The molecule has 3 rings (SSSR count). The van der Waals surface area contributed by atoms with Gasteiger partial charge in [-0.3, -0.25) is 4.79 Å². The monoisotopic (exact) mass is 421 g/mol. The fraction of sp³-hybridized carbons (Fsp3) is 0.682. The molecule has 0 atom stereocenters. The van der Waals surface area contributed by atoms with Crippen LogP contribution >= 0.6 is 0 Å². The van der Waals surface area contributed by atoms with Crippen LogP contribution in [0, 0.1) is 12.8 Å². The average molecular weight is 422 g/mol. The minimum atomic E-state index is -3.48. The molecule has 1 saturated heterocycles. The van der Waals surface area contributed by atoms with Crippen molar-refractivity contribution in [2.24, 2.45) is 5.92 Å². The van der Waals surface area contributed by atoms with Crippen LogP contribution in [0.25, 0.3) is 0 Å². The van der Waals surface area contributed by atoms with Gasteiger partial charge >= 0.3 is 0 Å². The Morgan fingerprint density at radius 3 is 2.24 bits per heavy atom. The molecule has 0 bridgehead atoms. The maximum Gasteiger partial charge on any atom is 0.243 e. The first-order valence-electron chi connectivity index (χ1n) is 10.8. The summed E-state index contributed by atoms with van der Waals surface area (Å²) in [6, 6.07) is 6.96. The van der Waals surface area contributed by atoms with Crippen molar-refractivity contribution in [2.45, 2.75) is 62.3 Å². The number of benzene rings is 1. The second kappa shape index (κ2) is 9.14. The van der Waals surface area contributed by atoms with Crippen molar-refractivity contribution in [3.8, 4) is 0 Å². The molecule has 1 aliphatic heterocycles. The van der Waals surface area contributed by atoms with Gasteiger partial charge in [0.05, 0.1) is 4.90 Å². The third kappa shape index (κ3) is 5.01. The Bertz CT molecular complexity index is 791. The van der Waals surface area contributed by atoms with E-state index in [2.05, 4.69) is 24.3 Å². The number of aryl methyl sites for hydroxylation is 1. The van der Waals surface area contributed by atoms with Gasteiger partial charge in [0.15, 0.2) is 0 Å². The lowest BCUT2D eigenvalue weighted by Crippen LogP contribution is -2.55. The van der Waals surface area contributed by atoms with Gasteiger partial charge in [0.1, 0.15) is 0 Å². The summed E-state index contributed by atoms with van der Waals surface area (Å²) in [6.07, 6.45) is 7.09. The van der Waals surface area contributed by atoms with Gasteiger partial charge < -0.3 is 10.2 Å². The fourth-order valence-electron chi connectivity index (χ4n) is 4.61. The molecular formula is C22H35N3O3S. The van der Waals surface area contributed by atoms with Gasteiger partial charge in [0, 0.05) is 31.1 Å². The molecule has 0 radical (unpaired) electrons. The van der Waals surface area contributed by atoms with Crippen molar-refractivity contribution in [3.63, 3.8) is 0 Å². The first-order valence-corrected chi connectivity index (χ1v) is 12.2. The topological polar surface area (TPSA) is 69.7 Å². The Balaban J connectivity index is 1.54. The SMILES string of the molecule is Cc1ccc(S(=O)(=O)N2CCC(C(=O)NCC3(N(C)C)CCCCC3)CC2)cc1. The van der Waals surface area contributed by atoms with E-state index in [0.717, 1.165) is 18.4 Å². The van der Waals surface area contributed by atoms with Crippen molar-refractivity contribution >= 4 is 15.9 Å². The van der Waals surface area contributed by atoms with Gasteiger partial charge in [-0.25, -0.2) is 8.42 Å². The molecule has 0 unspecified atom stereocenters. The van der Waals surface area contributed by atoms with Gasteiger partial charge in [-0.2, -0.15) is 4.31 Å². The fourth-order valence-corrected chi connectivity index (χ4v) is 6.08. The number of carbonyl (C=O) groups excluding carboxylic acids is 1. The van der Waals surface area contributed by atoms with E-state index in [1.165, 1.54) is 23.6 Å². The van der Waals surface area contributed by atoms with E-state index in [1.807, 2.05) is 19.1 Å². The van der Waals surface area contributed by atoms with Crippen LogP contribution < -0.4 is 5.32 Å². The van der Waals surface area contributed by atoms with Crippen LogP contribution in [0.5, 0.6) is 0 Å². The van der Waals surface area contributed by atoms with Crippen LogP contribution in [-0.4, -0.2) is 62.8 Å². The molecule has 2 aliphatic rings. The Kier molecular flexibility index (Phi) is 7.02. The molecule has 162 valence electrons. The summed E-state index contributed by atoms with van der Waals surface area (Å²) in [5.41, 5.74) is 1.09. The number of amides is 1. The number of rotatable bonds is 6. The van der Waals surface area contributed by atoms with Crippen molar-refractivity contribution in [3.05, 3.63) is 29.8 Å². The van der Waals surface area contributed by atoms with E-state index in [1.54, 1.807) is 12.1 Å². The van der Waals surface area contributed by atoms with E-state index in [9.17, 15) is 13.2 Å². The van der Waals surface area contributed by atoms with E-state index >= 15 is 0 Å². The highest BCUT2D eigenvalue weighted by atomic mass is 32.2. The van der Waals surface area contributed by atoms with Crippen LogP contribution in [0.15, 0.2) is 29.2 Å². The second-order valence-electron chi connectivity index (χ2n) is 8.89. The molecule has 1 N–H and O–H groups in total. The predicted molar refractivity (Wildman–Crippen MR) is 115 cm³/mol. The standard InChI is InChI=1S/C22H35N3O3S/c1-18-7-9-20(10-8-18)29(27,28)25-15-11-19(12-16-25)21(26)23-17-22(24(2)3)13-5-4-6-14-22/h7-10,19H,4-6,11-17H2,1-3H3,(H,23,26). The lowest BCUT2D eigenvalue weighted by molar-refractivity contribution is -0.126. The summed E-state index contributed by atoms with van der Waals surface area (Å²) in [5.74, 6) is -0.0357. The molecule has 6 nitrogen and oxygen atoms in total. The van der Waals surface area contributed by atoms with Gasteiger partial charge in [0.2, 0.25) is 15.9 Å². The number of nitrogens with one attached hydrogen (secondary N) is 1. The molecule has 1 aromatic rings. The van der Waals surface area contributed by atoms with Crippen LogP contribution in [-0.2, 0) is 14.8 Å². The largest absolute Gasteiger partial charge is 0.354 e. The Morgan fingerprint density at radius 2 is 1.69 bits per heavy atom. The normalized spacial score (nSPS) is 21.2. The van der Waals surface area contributed by atoms with Crippen LogP contribution in [0.1, 0.15) is 50.5 Å². The summed E-state index contributed by atoms with van der Waals surface area (Å²) in [4.78, 5) is 15.4. The number of hydrogen-bond donors (Lipinski definition) is 1. The highest BCUT2D eigenvalue weighted by Gasteiger charge is 2.36. The summed E-state index contributed by atoms with van der Waals surface area (Å²) in [5, 5.41) is 3.19. The van der Waals surface area contributed by atoms with E-state index in [0.29, 0.717) is 37.4 Å². The van der Waals surface area contributed by atoms with Crippen LogP contribution in [0.2, 0.25) is 0 Å². The van der Waals surface area contributed by atoms with Crippen LogP contribution in [0.4, 0.5) is 0 Å². The molecule has 1 heterocycles. The Labute approximate surface area is 175 Å². The maximum atomic E-state index is 12.8. The van der Waals surface area contributed by atoms with Gasteiger partial charge in [-0.15, -0.1) is 0 Å². The molecular weight excluding hydrogens is 386 g/mol. The van der Waals surface area contributed by atoms with Gasteiger partial charge in [0.25, 0.3) is 0 Å². The molecule has 7 heteroatoms. The summed E-state index contributed by atoms with van der Waals surface area (Å²) < 4.78 is 27.2. The maximum absolute atomic E-state index is 12.8. The van der Waals surface area contributed by atoms with E-state index in [4.69, 9.17) is 0 Å². The molecule has 1 saturated carbocycles. The molecule has 1 amide bonds. The lowest BCUT2D eigenvalue weighted by Gasteiger charge is -2.43. The second-order valence-corrected chi connectivity index (χ2v) is 10.8. The zero-order valence-electron chi connectivity index (χ0n) is 18.0. The van der Waals surface area contributed by atoms with Gasteiger partial charge in [-0.05, 0) is 58.8 Å². The zero-order valence-corrected chi connectivity index (χ0v) is 18.8. The third-order valence-electron chi connectivity index (χ3n) is 6.81. The molecule has 2 fully saturated rings. The number of sulfonamides is 1. The Morgan fingerprint density at radius 1 is 1.10 bits per heavy atom. The van der Waals surface area contributed by atoms with Crippen molar-refractivity contribution in [1.82, 2.24) is 14.5 Å². The highest BCUT2D eigenvalue weighted by molar-refractivity contribution is 7.89. The minimum Gasteiger partial charge on any atom is -0.354 e. The summed E-state index contributed by atoms with van der Waals surface area (Å²) in [6.45, 7) is 3.41. The highest BCUT2D eigenvalue weighted by Crippen LogP contribution is 2.32. The third-order valence-corrected chi connectivity index (χ3v) is 8.72. The van der Waals surface area contributed by atoms with Gasteiger partial charge in [-0.1, -0.05) is 37.0 Å². The minimum absolute atomic E-state index is 0.0589. The zero-order chi connectivity index (χ0) is 21.1. The smallest absolute Gasteiger partial charge is 0.243 e. The number of likely N-dealkylation sites (N-methyl/N-ethyl adjacent to an activating group) is 1. The molecule has 1 aromatic carbocycles. The number of piperidine rings is 1. The van der Waals surface area contributed by atoms with E-state index in [-0.39, 0.29) is 17.4 Å². The van der Waals surface area contributed by atoms with Crippen LogP contribution in [0.3, 0.4) is 0 Å². The first-order chi connectivity index (χ1) is 13.7. The quantitative estimate of drug-likeness (QED) is 0.767. The molecule has 0 spiro atoms. The molecule has 1 aliphatic carbocycles. The summed E-state index contributed by atoms with van der Waals surface area (Å²) in [7, 11) is 0.723. The average Bonchev–Trinajstić information content (AvgIpc) is 2.73. The predicted octanol–water partition coefficient (Wildman–Crippen LogP) is 2.78. The van der Waals surface area contributed by atoms with E-state index < -0.39 is 10.0 Å². The number of hydrogen-bond acceptors (Lipinski definition) is 4. The first kappa shape index (κ1) is 22.2. The van der Waals surface area contributed by atoms with Crippen molar-refractivity contribution in [2.75, 3.05) is 33.7 Å². The molecule has 0 aromatic heterocycles. The number of nitrogens with zero attached hydrogens (tertiary/aromatic N) is 2. The molecule has 29 heavy (non-hydrogen) atoms. The van der Waals surface area contributed by atoms with Crippen molar-refractivity contribution < 1.29 is 13.2 Å².